The van der Waals surface area contributed by atoms with Crippen LogP contribution in [-0.2, 0) is 32.9 Å². The monoisotopic (exact) mass is 631 g/mol. The Morgan fingerprint density at radius 2 is 2.00 bits per heavy atom. The highest BCUT2D eigenvalue weighted by atomic mass is 31.2. The SMILES string of the molecule is C[C@H](NP(=O)(OC[C@@]1(N=[N+]=[N-])O[C@@H](N2C=CC(=O)CC2=O)[C@H](F)[C@@H]1O)Oc1cccc2ccccc12)C(=O)OC1CCCC1. The van der Waals surface area contributed by atoms with Gasteiger partial charge in [-0.3, -0.25) is 23.8 Å². The first-order valence-electron chi connectivity index (χ1n) is 14.0. The summed E-state index contributed by atoms with van der Waals surface area (Å²) >= 11 is 0. The third kappa shape index (κ3) is 6.63. The summed E-state index contributed by atoms with van der Waals surface area (Å²) < 4.78 is 52.3. The van der Waals surface area contributed by atoms with Crippen LogP contribution >= 0.6 is 7.75 Å². The lowest BCUT2D eigenvalue weighted by atomic mass is 10.1. The molecular formula is C28H31FN5O9P. The minimum absolute atomic E-state index is 0.107. The summed E-state index contributed by atoms with van der Waals surface area (Å²) in [6.45, 7) is 0.367. The number of allylic oxidation sites excluding steroid dienone is 1. The predicted octanol–water partition coefficient (Wildman–Crippen LogP) is 4.18. The molecule has 1 saturated heterocycles. The van der Waals surface area contributed by atoms with Gasteiger partial charge in [-0.1, -0.05) is 41.5 Å². The van der Waals surface area contributed by atoms with Crippen molar-refractivity contribution in [1.29, 1.82) is 0 Å². The van der Waals surface area contributed by atoms with Crippen LogP contribution in [0.3, 0.4) is 0 Å². The van der Waals surface area contributed by atoms with Gasteiger partial charge >= 0.3 is 13.7 Å². The van der Waals surface area contributed by atoms with Gasteiger partial charge in [0.15, 0.2) is 18.2 Å². The summed E-state index contributed by atoms with van der Waals surface area (Å²) in [5, 5.41) is 18.1. The molecule has 2 heterocycles. The summed E-state index contributed by atoms with van der Waals surface area (Å²) in [7, 11) is -4.62. The van der Waals surface area contributed by atoms with Crippen molar-refractivity contribution in [2.75, 3.05) is 6.61 Å². The Morgan fingerprint density at radius 1 is 1.27 bits per heavy atom. The van der Waals surface area contributed by atoms with Crippen LogP contribution in [0.2, 0.25) is 0 Å². The molecule has 0 aromatic heterocycles. The number of ketones is 1. The standard InChI is InChI=1S/C28H31FN5O9P/c1-17(27(38)41-20-9-3-4-10-20)31-44(39,43-22-12-6-8-18-7-2-5-11-21(18)22)40-16-28(32-33-30)25(37)24(29)26(42-28)34-14-13-19(35)15-23(34)36/h2,5-8,11-14,17,20,24-26,37H,3-4,9-10,15-16H2,1H3,(H,31,39)/t17-,24+,25-,26+,28+,44?/m0/s1. The minimum atomic E-state index is -4.62. The third-order valence-electron chi connectivity index (χ3n) is 7.58. The zero-order valence-corrected chi connectivity index (χ0v) is 24.5. The van der Waals surface area contributed by atoms with Crippen LogP contribution in [0.5, 0.6) is 5.75 Å². The van der Waals surface area contributed by atoms with E-state index in [1.54, 1.807) is 36.4 Å². The summed E-state index contributed by atoms with van der Waals surface area (Å²) in [6.07, 6.45) is -1.87. The van der Waals surface area contributed by atoms with Gasteiger partial charge in [0.2, 0.25) is 11.6 Å². The Balaban J connectivity index is 1.42. The molecule has 0 bridgehead atoms. The number of azide groups is 1. The van der Waals surface area contributed by atoms with Gasteiger partial charge in [-0.2, -0.15) is 5.09 Å². The molecule has 2 N–H and O–H groups in total. The fraction of sp³-hybridized carbons (Fsp3) is 0.464. The highest BCUT2D eigenvalue weighted by Gasteiger charge is 2.59. The molecule has 16 heteroatoms. The summed E-state index contributed by atoms with van der Waals surface area (Å²) in [6, 6.07) is 10.8. The molecule has 2 aromatic carbocycles. The number of carbonyl (C=O) groups is 3. The maximum Gasteiger partial charge on any atom is 0.459 e. The van der Waals surface area contributed by atoms with Crippen molar-refractivity contribution in [3.63, 3.8) is 0 Å². The molecule has 0 spiro atoms. The number of amides is 1. The Labute approximate surface area is 251 Å². The Morgan fingerprint density at radius 3 is 2.73 bits per heavy atom. The van der Waals surface area contributed by atoms with E-state index >= 15 is 4.39 Å². The fourth-order valence-corrected chi connectivity index (χ4v) is 6.81. The Kier molecular flexibility index (Phi) is 9.35. The number of esters is 1. The molecule has 2 aromatic rings. The second-order valence-corrected chi connectivity index (χ2v) is 12.4. The molecule has 14 nitrogen and oxygen atoms in total. The average Bonchev–Trinajstić information content (AvgIpc) is 3.59. The van der Waals surface area contributed by atoms with E-state index in [0.717, 1.165) is 35.4 Å². The van der Waals surface area contributed by atoms with E-state index in [1.165, 1.54) is 13.0 Å². The lowest BCUT2D eigenvalue weighted by molar-refractivity contribution is -0.157. The number of ether oxygens (including phenoxy) is 2. The second kappa shape index (κ2) is 13.0. The van der Waals surface area contributed by atoms with Gasteiger partial charge in [0.1, 0.15) is 24.0 Å². The molecule has 2 aliphatic heterocycles. The van der Waals surface area contributed by atoms with Gasteiger partial charge in [0.05, 0.1) is 13.0 Å². The van der Waals surface area contributed by atoms with E-state index < -0.39 is 68.7 Å². The molecule has 6 atom stereocenters. The molecule has 44 heavy (non-hydrogen) atoms. The van der Waals surface area contributed by atoms with E-state index in [9.17, 15) is 29.6 Å². The smallest absolute Gasteiger partial charge is 0.459 e. The van der Waals surface area contributed by atoms with Crippen LogP contribution in [-0.4, -0.2) is 70.6 Å². The van der Waals surface area contributed by atoms with Crippen molar-refractivity contribution >= 4 is 36.2 Å². The predicted molar refractivity (Wildman–Crippen MR) is 152 cm³/mol. The summed E-state index contributed by atoms with van der Waals surface area (Å²) in [5.74, 6) is -1.92. The van der Waals surface area contributed by atoms with Crippen LogP contribution in [0.4, 0.5) is 4.39 Å². The van der Waals surface area contributed by atoms with E-state index in [2.05, 4.69) is 15.1 Å². The van der Waals surface area contributed by atoms with Gasteiger partial charge in [-0.05, 0) is 55.7 Å². The number of benzene rings is 2. The van der Waals surface area contributed by atoms with E-state index in [-0.39, 0.29) is 11.9 Å². The fourth-order valence-electron chi connectivity index (χ4n) is 5.27. The maximum atomic E-state index is 15.4. The van der Waals surface area contributed by atoms with E-state index in [1.807, 2.05) is 0 Å². The first-order valence-corrected chi connectivity index (χ1v) is 15.6. The van der Waals surface area contributed by atoms with E-state index in [0.29, 0.717) is 18.2 Å². The zero-order chi connectivity index (χ0) is 31.5. The number of hydrogen-bond acceptors (Lipinski definition) is 10. The van der Waals surface area contributed by atoms with Crippen LogP contribution in [0.25, 0.3) is 21.2 Å². The van der Waals surface area contributed by atoms with Crippen LogP contribution < -0.4 is 9.61 Å². The third-order valence-corrected chi connectivity index (χ3v) is 9.19. The molecule has 3 aliphatic rings. The van der Waals surface area contributed by atoms with Gasteiger partial charge < -0.3 is 19.1 Å². The van der Waals surface area contributed by atoms with Crippen molar-refractivity contribution in [3.05, 3.63) is 65.2 Å². The molecule has 234 valence electrons. The number of alkyl halides is 1. The summed E-state index contributed by atoms with van der Waals surface area (Å²) in [4.78, 5) is 40.3. The van der Waals surface area contributed by atoms with Crippen molar-refractivity contribution in [2.45, 2.75) is 75.4 Å². The van der Waals surface area contributed by atoms with Crippen LogP contribution in [0.1, 0.15) is 39.0 Å². The largest absolute Gasteiger partial charge is 0.461 e. The molecule has 5 rings (SSSR count). The van der Waals surface area contributed by atoms with Crippen LogP contribution in [0, 0.1) is 0 Å². The molecule has 1 saturated carbocycles. The first kappa shape index (κ1) is 31.6. The number of hydrogen-bond donors (Lipinski definition) is 2. The molecular weight excluding hydrogens is 600 g/mol. The lowest BCUT2D eigenvalue weighted by Gasteiger charge is -2.31. The van der Waals surface area contributed by atoms with Crippen molar-refractivity contribution in [2.24, 2.45) is 5.11 Å². The number of rotatable bonds is 11. The van der Waals surface area contributed by atoms with Crippen molar-refractivity contribution in [3.8, 4) is 5.75 Å². The molecule has 1 unspecified atom stereocenters. The van der Waals surface area contributed by atoms with Gasteiger partial charge in [-0.15, -0.1) is 0 Å². The molecule has 1 aliphatic carbocycles. The minimum Gasteiger partial charge on any atom is -0.461 e. The number of nitrogens with one attached hydrogen (secondary N) is 1. The maximum absolute atomic E-state index is 15.4. The van der Waals surface area contributed by atoms with Crippen molar-refractivity contribution in [1.82, 2.24) is 9.99 Å². The zero-order valence-electron chi connectivity index (χ0n) is 23.7. The first-order chi connectivity index (χ1) is 21.0. The number of carbonyl (C=O) groups excluding carboxylic acids is 3. The van der Waals surface area contributed by atoms with Gasteiger partial charge in [-0.25, -0.2) is 8.96 Å². The van der Waals surface area contributed by atoms with Gasteiger partial charge in [0.25, 0.3) is 0 Å². The Hall–Kier alpha value is -3.84. The second-order valence-electron chi connectivity index (χ2n) is 10.7. The quantitative estimate of drug-likeness (QED) is 0.0909. The molecule has 2 fully saturated rings. The van der Waals surface area contributed by atoms with Crippen LogP contribution in [0.15, 0.2) is 59.9 Å². The van der Waals surface area contributed by atoms with Crippen molar-refractivity contribution < 1.29 is 47.0 Å². The highest BCUT2D eigenvalue weighted by molar-refractivity contribution is 7.52. The molecule has 1 amide bonds. The van der Waals surface area contributed by atoms with Gasteiger partial charge in [0, 0.05) is 16.5 Å². The number of halogens is 1. The molecule has 0 radical (unpaired) electrons. The lowest BCUT2D eigenvalue weighted by Crippen LogP contribution is -2.45. The number of fused-ring (bicyclic) bond motifs is 1. The number of aliphatic hydroxyl groups is 1. The normalized spacial score (nSPS) is 27.6. The highest BCUT2D eigenvalue weighted by Crippen LogP contribution is 2.49. The summed E-state index contributed by atoms with van der Waals surface area (Å²) in [5.41, 5.74) is 6.76. The number of aliphatic hydroxyl groups excluding tert-OH is 1. The number of nitrogens with zero attached hydrogens (tertiary/aromatic N) is 4. The average molecular weight is 632 g/mol. The topological polar surface area (TPSA) is 189 Å². The Bertz CT molecular complexity index is 1560. The van der Waals surface area contributed by atoms with E-state index in [4.69, 9.17) is 18.5 Å².